The van der Waals surface area contributed by atoms with Gasteiger partial charge in [-0.05, 0) is 31.5 Å². The van der Waals surface area contributed by atoms with Crippen LogP contribution in [0.1, 0.15) is 13.3 Å². The first-order valence-corrected chi connectivity index (χ1v) is 7.50. The highest BCUT2D eigenvalue weighted by molar-refractivity contribution is 9.09. The zero-order valence-corrected chi connectivity index (χ0v) is 11.5. The van der Waals surface area contributed by atoms with Crippen LogP contribution in [0.5, 0.6) is 0 Å². The van der Waals surface area contributed by atoms with Crippen LogP contribution >= 0.6 is 15.9 Å². The van der Waals surface area contributed by atoms with Gasteiger partial charge in [-0.1, -0.05) is 15.9 Å². The minimum atomic E-state index is -3.80. The summed E-state index contributed by atoms with van der Waals surface area (Å²) in [6, 6.07) is 2.20. The van der Waals surface area contributed by atoms with E-state index >= 15 is 0 Å². The van der Waals surface area contributed by atoms with E-state index in [0.29, 0.717) is 17.8 Å². The Morgan fingerprint density at radius 1 is 1.35 bits per heavy atom. The summed E-state index contributed by atoms with van der Waals surface area (Å²) in [5.41, 5.74) is 0. The SMILES string of the molecule is CC(CCBr)NS(=O)(=O)c1ccc(F)c(F)c1. The second-order valence-corrected chi connectivity index (χ2v) is 6.08. The molecule has 0 aliphatic carbocycles. The molecule has 1 aromatic rings. The van der Waals surface area contributed by atoms with Crippen LogP contribution in [0.2, 0.25) is 0 Å². The molecule has 96 valence electrons. The van der Waals surface area contributed by atoms with Crippen molar-refractivity contribution in [3.8, 4) is 0 Å². The second kappa shape index (κ2) is 5.88. The first-order valence-electron chi connectivity index (χ1n) is 4.90. The summed E-state index contributed by atoms with van der Waals surface area (Å²) in [6.45, 7) is 1.69. The molecule has 0 amide bonds. The molecule has 0 spiro atoms. The second-order valence-electron chi connectivity index (χ2n) is 3.58. The molecule has 0 saturated heterocycles. The van der Waals surface area contributed by atoms with Crippen molar-refractivity contribution in [3.05, 3.63) is 29.8 Å². The van der Waals surface area contributed by atoms with E-state index in [9.17, 15) is 17.2 Å². The van der Waals surface area contributed by atoms with Crippen LogP contribution in [0.15, 0.2) is 23.1 Å². The largest absolute Gasteiger partial charge is 0.240 e. The van der Waals surface area contributed by atoms with Crippen LogP contribution in [0.3, 0.4) is 0 Å². The van der Waals surface area contributed by atoms with Gasteiger partial charge < -0.3 is 0 Å². The zero-order chi connectivity index (χ0) is 13.1. The van der Waals surface area contributed by atoms with Crippen molar-refractivity contribution in [3.63, 3.8) is 0 Å². The third-order valence-corrected chi connectivity index (χ3v) is 4.14. The van der Waals surface area contributed by atoms with Crippen LogP contribution in [0, 0.1) is 11.6 Å². The molecule has 1 unspecified atom stereocenters. The van der Waals surface area contributed by atoms with Crippen molar-refractivity contribution in [2.45, 2.75) is 24.3 Å². The fraction of sp³-hybridized carbons (Fsp3) is 0.400. The van der Waals surface area contributed by atoms with Crippen LogP contribution in [0.25, 0.3) is 0 Å². The quantitative estimate of drug-likeness (QED) is 0.844. The first-order chi connectivity index (χ1) is 7.86. The van der Waals surface area contributed by atoms with Crippen molar-refractivity contribution in [2.75, 3.05) is 5.33 Å². The van der Waals surface area contributed by atoms with Crippen molar-refractivity contribution in [1.29, 1.82) is 0 Å². The number of rotatable bonds is 5. The normalized spacial score (nSPS) is 13.6. The first kappa shape index (κ1) is 14.5. The molecular formula is C10H12BrF2NO2S. The van der Waals surface area contributed by atoms with Gasteiger partial charge in [-0.3, -0.25) is 0 Å². The van der Waals surface area contributed by atoms with E-state index in [-0.39, 0.29) is 10.9 Å². The topological polar surface area (TPSA) is 46.2 Å². The van der Waals surface area contributed by atoms with Gasteiger partial charge in [0.2, 0.25) is 10.0 Å². The molecule has 1 N–H and O–H groups in total. The minimum absolute atomic E-state index is 0.280. The molecule has 1 aromatic carbocycles. The maximum Gasteiger partial charge on any atom is 0.240 e. The van der Waals surface area contributed by atoms with Crippen molar-refractivity contribution >= 4 is 26.0 Å². The molecule has 0 saturated carbocycles. The van der Waals surface area contributed by atoms with E-state index in [1.807, 2.05) is 0 Å². The van der Waals surface area contributed by atoms with Crippen molar-refractivity contribution in [1.82, 2.24) is 4.72 Å². The predicted molar refractivity (Wildman–Crippen MR) is 64.6 cm³/mol. The highest BCUT2D eigenvalue weighted by atomic mass is 79.9. The maximum atomic E-state index is 12.9. The van der Waals surface area contributed by atoms with E-state index in [2.05, 4.69) is 20.7 Å². The number of halogens is 3. The van der Waals surface area contributed by atoms with Gasteiger partial charge >= 0.3 is 0 Å². The Hall–Kier alpha value is -0.530. The monoisotopic (exact) mass is 327 g/mol. The Balaban J connectivity index is 2.93. The van der Waals surface area contributed by atoms with Gasteiger partial charge in [0.05, 0.1) is 4.90 Å². The van der Waals surface area contributed by atoms with Gasteiger partial charge in [-0.2, -0.15) is 0 Å². The number of alkyl halides is 1. The van der Waals surface area contributed by atoms with Crippen molar-refractivity contribution in [2.24, 2.45) is 0 Å². The average molecular weight is 328 g/mol. The van der Waals surface area contributed by atoms with Crippen LogP contribution in [-0.4, -0.2) is 19.8 Å². The zero-order valence-electron chi connectivity index (χ0n) is 9.08. The van der Waals surface area contributed by atoms with E-state index in [0.717, 1.165) is 12.1 Å². The summed E-state index contributed by atoms with van der Waals surface area (Å²) in [5, 5.41) is 0.647. The predicted octanol–water partition coefficient (Wildman–Crippen LogP) is 2.42. The smallest absolute Gasteiger partial charge is 0.208 e. The van der Waals surface area contributed by atoms with Crippen molar-refractivity contribution < 1.29 is 17.2 Å². The van der Waals surface area contributed by atoms with Gasteiger partial charge in [-0.15, -0.1) is 0 Å². The van der Waals surface area contributed by atoms with Gasteiger partial charge in [0.1, 0.15) is 0 Å². The molecule has 0 bridgehead atoms. The lowest BCUT2D eigenvalue weighted by molar-refractivity contribution is 0.503. The molecule has 0 heterocycles. The summed E-state index contributed by atoms with van der Waals surface area (Å²) >= 11 is 3.19. The third kappa shape index (κ3) is 4.01. The summed E-state index contributed by atoms with van der Waals surface area (Å²) in [4.78, 5) is -0.280. The molecule has 0 radical (unpaired) electrons. The highest BCUT2D eigenvalue weighted by Gasteiger charge is 2.18. The Morgan fingerprint density at radius 3 is 2.53 bits per heavy atom. The summed E-state index contributed by atoms with van der Waals surface area (Å²) in [5.74, 6) is -2.25. The highest BCUT2D eigenvalue weighted by Crippen LogP contribution is 2.14. The van der Waals surface area contributed by atoms with Crippen LogP contribution in [0.4, 0.5) is 8.78 Å². The lowest BCUT2D eigenvalue weighted by Crippen LogP contribution is -2.32. The molecular weight excluding hydrogens is 316 g/mol. The van der Waals surface area contributed by atoms with Gasteiger partial charge in [0, 0.05) is 11.4 Å². The minimum Gasteiger partial charge on any atom is -0.208 e. The molecule has 0 aromatic heterocycles. The number of benzene rings is 1. The summed E-state index contributed by atoms with van der Waals surface area (Å²) < 4.78 is 51.5. The molecule has 1 rings (SSSR count). The molecule has 1 atom stereocenters. The summed E-state index contributed by atoms with van der Waals surface area (Å²) in [7, 11) is -3.80. The molecule has 7 heteroatoms. The van der Waals surface area contributed by atoms with E-state index in [1.165, 1.54) is 0 Å². The lowest BCUT2D eigenvalue weighted by atomic mass is 10.3. The fourth-order valence-electron chi connectivity index (χ4n) is 1.20. The lowest BCUT2D eigenvalue weighted by Gasteiger charge is -2.12. The Bertz CT molecular complexity index is 493. The molecule has 0 aliphatic rings. The number of hydrogen-bond acceptors (Lipinski definition) is 2. The molecule has 17 heavy (non-hydrogen) atoms. The number of nitrogens with one attached hydrogen (secondary N) is 1. The number of sulfonamides is 1. The standard InChI is InChI=1S/C10H12BrF2NO2S/c1-7(4-5-11)14-17(15,16)8-2-3-9(12)10(13)6-8/h2-3,6-7,14H,4-5H2,1H3. The molecule has 0 aliphatic heterocycles. The Kier molecular flexibility index (Phi) is 5.03. The molecule has 3 nitrogen and oxygen atoms in total. The average Bonchev–Trinajstić information content (AvgIpc) is 2.21. The third-order valence-electron chi connectivity index (χ3n) is 2.10. The summed E-state index contributed by atoms with van der Waals surface area (Å²) in [6.07, 6.45) is 0.600. The fourth-order valence-corrected chi connectivity index (χ4v) is 3.18. The molecule has 0 fully saturated rings. The Morgan fingerprint density at radius 2 is 2.00 bits per heavy atom. The van der Waals surface area contributed by atoms with Gasteiger partial charge in [0.25, 0.3) is 0 Å². The van der Waals surface area contributed by atoms with Gasteiger partial charge in [0.15, 0.2) is 11.6 Å². The van der Waals surface area contributed by atoms with Crippen LogP contribution in [-0.2, 0) is 10.0 Å². The van der Waals surface area contributed by atoms with E-state index in [4.69, 9.17) is 0 Å². The van der Waals surface area contributed by atoms with E-state index < -0.39 is 21.7 Å². The van der Waals surface area contributed by atoms with Gasteiger partial charge in [-0.25, -0.2) is 21.9 Å². The maximum absolute atomic E-state index is 12.9. The van der Waals surface area contributed by atoms with Crippen LogP contribution < -0.4 is 4.72 Å². The number of hydrogen-bond donors (Lipinski definition) is 1. The Labute approximate surface area is 107 Å². The van der Waals surface area contributed by atoms with E-state index in [1.54, 1.807) is 6.92 Å².